The number of H-pyrrole nitrogens is 1. The molecule has 3 fully saturated rings. The van der Waals surface area contributed by atoms with Crippen molar-refractivity contribution in [1.82, 2.24) is 30.4 Å². The quantitative estimate of drug-likeness (QED) is 0.327. The number of aromatic amines is 1. The van der Waals surface area contributed by atoms with E-state index in [-0.39, 0.29) is 6.10 Å². The second-order valence-corrected chi connectivity index (χ2v) is 11.8. The lowest BCUT2D eigenvalue weighted by Gasteiger charge is -2.31. The molecule has 0 bridgehead atoms. The predicted molar refractivity (Wildman–Crippen MR) is 159 cm³/mol. The van der Waals surface area contributed by atoms with Crippen LogP contribution in [0, 0.1) is 6.92 Å². The van der Waals surface area contributed by atoms with Crippen LogP contribution >= 0.6 is 11.6 Å². The van der Waals surface area contributed by atoms with Crippen LogP contribution in [0.15, 0.2) is 24.4 Å². The van der Waals surface area contributed by atoms with Crippen molar-refractivity contribution in [2.45, 2.75) is 51.2 Å². The largest absolute Gasteiger partial charge is 0.487 e. The molecular weight excluding hydrogens is 526 g/mol. The number of aromatic nitrogens is 4. The van der Waals surface area contributed by atoms with Crippen LogP contribution in [-0.4, -0.2) is 83.6 Å². The minimum atomic E-state index is 0.137. The van der Waals surface area contributed by atoms with E-state index in [0.717, 1.165) is 96.3 Å². The number of anilines is 1. The fourth-order valence-corrected chi connectivity index (χ4v) is 6.46. The van der Waals surface area contributed by atoms with E-state index in [4.69, 9.17) is 31.0 Å². The number of nitrogens with one attached hydrogen (secondary N) is 2. The Morgan fingerprint density at radius 3 is 2.62 bits per heavy atom. The third kappa shape index (κ3) is 4.63. The summed E-state index contributed by atoms with van der Waals surface area (Å²) in [5, 5.41) is 13.4. The van der Waals surface area contributed by atoms with Crippen molar-refractivity contribution < 1.29 is 9.47 Å². The second kappa shape index (κ2) is 10.7. The molecule has 10 heteroatoms. The summed E-state index contributed by atoms with van der Waals surface area (Å²) in [4.78, 5) is 14.7. The molecule has 0 radical (unpaired) electrons. The first-order valence-electron chi connectivity index (χ1n) is 14.5. The van der Waals surface area contributed by atoms with Gasteiger partial charge in [0.05, 0.1) is 22.8 Å². The summed E-state index contributed by atoms with van der Waals surface area (Å²) in [5.74, 6) is 1.57. The van der Waals surface area contributed by atoms with Crippen LogP contribution in [0.3, 0.4) is 0 Å². The van der Waals surface area contributed by atoms with E-state index in [1.807, 2.05) is 12.3 Å². The summed E-state index contributed by atoms with van der Waals surface area (Å²) in [5.41, 5.74) is 4.69. The van der Waals surface area contributed by atoms with E-state index in [1.165, 1.54) is 12.8 Å². The Hall–Kier alpha value is -3.14. The fourth-order valence-electron chi connectivity index (χ4n) is 6.17. The molecular formula is C30H36ClN7O2. The number of nitrogens with zero attached hydrogens (tertiary/aromatic N) is 5. The summed E-state index contributed by atoms with van der Waals surface area (Å²) < 4.78 is 13.2. The molecule has 2 aromatic carbocycles. The van der Waals surface area contributed by atoms with Crippen molar-refractivity contribution in [3.05, 3.63) is 35.0 Å². The molecule has 9 nitrogen and oxygen atoms in total. The van der Waals surface area contributed by atoms with Gasteiger partial charge >= 0.3 is 6.01 Å². The molecule has 2 N–H and O–H groups in total. The van der Waals surface area contributed by atoms with Crippen molar-refractivity contribution >= 4 is 39.2 Å². The molecule has 1 saturated carbocycles. The van der Waals surface area contributed by atoms with Gasteiger partial charge in [-0.2, -0.15) is 15.1 Å². The number of likely N-dealkylation sites (tertiary alicyclic amines) is 1. The number of aryl methyl sites for hydroxylation is 1. The molecule has 3 aliphatic rings. The van der Waals surface area contributed by atoms with Gasteiger partial charge in [-0.15, -0.1) is 0 Å². The molecule has 40 heavy (non-hydrogen) atoms. The Morgan fingerprint density at radius 2 is 1.88 bits per heavy atom. The highest BCUT2D eigenvalue weighted by Crippen LogP contribution is 2.48. The summed E-state index contributed by atoms with van der Waals surface area (Å²) >= 11 is 7.21. The van der Waals surface area contributed by atoms with Crippen LogP contribution in [0.5, 0.6) is 11.8 Å². The van der Waals surface area contributed by atoms with Crippen molar-refractivity contribution in [1.29, 1.82) is 0 Å². The lowest BCUT2D eigenvalue weighted by atomic mass is 9.93. The maximum absolute atomic E-state index is 7.21. The van der Waals surface area contributed by atoms with E-state index in [2.05, 4.69) is 51.4 Å². The van der Waals surface area contributed by atoms with Crippen LogP contribution in [0.1, 0.15) is 37.7 Å². The topological polar surface area (TPSA) is 91.4 Å². The number of ether oxygens (including phenoxy) is 2. The van der Waals surface area contributed by atoms with Gasteiger partial charge in [0, 0.05) is 54.1 Å². The average molecular weight is 562 g/mol. The van der Waals surface area contributed by atoms with Crippen LogP contribution < -0.4 is 19.7 Å². The van der Waals surface area contributed by atoms with Crippen LogP contribution in [0.4, 0.5) is 5.82 Å². The van der Waals surface area contributed by atoms with Gasteiger partial charge in [0.1, 0.15) is 17.9 Å². The fraction of sp³-hybridized carbons (Fsp3) is 0.500. The zero-order valence-electron chi connectivity index (χ0n) is 23.2. The Bertz CT molecular complexity index is 1550. The molecule has 0 unspecified atom stereocenters. The number of fused-ring (bicyclic) bond motifs is 2. The molecule has 1 atom stereocenters. The third-order valence-electron chi connectivity index (χ3n) is 8.77. The van der Waals surface area contributed by atoms with Gasteiger partial charge in [0.15, 0.2) is 5.75 Å². The number of halogens is 1. The third-order valence-corrected chi connectivity index (χ3v) is 9.07. The first-order valence-corrected chi connectivity index (χ1v) is 14.9. The standard InChI is InChI=1S/C30H36ClN7O2/c1-18-8-9-24-22(16-33-36-24)25(18)26-23(31)15-21-27(28(26)40-20-6-3-7-20)34-30(39-17-19-5-4-12-37(19)2)35-29(21)38-13-10-32-11-14-38/h8-9,15-16,19-20,32H,3-7,10-14,17H2,1-2H3,(H,33,36)/t19-/m0/s1. The Kier molecular flexibility index (Phi) is 6.89. The van der Waals surface area contributed by atoms with Crippen LogP contribution in [0.2, 0.25) is 5.02 Å². The summed E-state index contributed by atoms with van der Waals surface area (Å²) in [6.07, 6.45) is 7.53. The highest BCUT2D eigenvalue weighted by atomic mass is 35.5. The molecule has 2 aliphatic heterocycles. The lowest BCUT2D eigenvalue weighted by Crippen LogP contribution is -2.44. The smallest absolute Gasteiger partial charge is 0.319 e. The van der Waals surface area contributed by atoms with E-state index >= 15 is 0 Å². The number of hydrogen-bond donors (Lipinski definition) is 2. The van der Waals surface area contributed by atoms with Gasteiger partial charge in [-0.05, 0) is 70.3 Å². The Labute approximate surface area is 239 Å². The van der Waals surface area contributed by atoms with Crippen LogP contribution in [-0.2, 0) is 0 Å². The number of benzene rings is 2. The van der Waals surface area contributed by atoms with Gasteiger partial charge in [-0.1, -0.05) is 17.7 Å². The number of piperazine rings is 1. The van der Waals surface area contributed by atoms with E-state index in [1.54, 1.807) is 0 Å². The zero-order chi connectivity index (χ0) is 27.2. The number of likely N-dealkylation sites (N-methyl/N-ethyl adjacent to an activating group) is 1. The SMILES string of the molecule is Cc1ccc2[nH]ncc2c1-c1c(Cl)cc2c(N3CCNCC3)nc(OC[C@@H]3CCCN3C)nc2c1OC1CCC1. The van der Waals surface area contributed by atoms with Crippen molar-refractivity contribution in [2.75, 3.05) is 51.3 Å². The van der Waals surface area contributed by atoms with Gasteiger partial charge < -0.3 is 24.6 Å². The minimum absolute atomic E-state index is 0.137. The molecule has 2 aromatic heterocycles. The van der Waals surface area contributed by atoms with Crippen molar-refractivity contribution in [2.24, 2.45) is 0 Å². The van der Waals surface area contributed by atoms with Gasteiger partial charge in [-0.25, -0.2) is 0 Å². The van der Waals surface area contributed by atoms with Gasteiger partial charge in [-0.3, -0.25) is 5.10 Å². The normalized spacial score (nSPS) is 20.4. The molecule has 0 spiro atoms. The monoisotopic (exact) mass is 561 g/mol. The molecule has 0 amide bonds. The second-order valence-electron chi connectivity index (χ2n) is 11.4. The molecule has 4 aromatic rings. The van der Waals surface area contributed by atoms with E-state index in [0.29, 0.717) is 29.4 Å². The molecule has 7 rings (SSSR count). The number of hydrogen-bond acceptors (Lipinski definition) is 8. The van der Waals surface area contributed by atoms with Gasteiger partial charge in [0.25, 0.3) is 0 Å². The molecule has 4 heterocycles. The summed E-state index contributed by atoms with van der Waals surface area (Å²) in [6.45, 7) is 7.26. The Balaban J connectivity index is 1.44. The van der Waals surface area contributed by atoms with E-state index in [9.17, 15) is 0 Å². The van der Waals surface area contributed by atoms with E-state index < -0.39 is 0 Å². The maximum Gasteiger partial charge on any atom is 0.319 e. The predicted octanol–water partition coefficient (Wildman–Crippen LogP) is 4.95. The van der Waals surface area contributed by atoms with Crippen molar-refractivity contribution in [3.63, 3.8) is 0 Å². The number of rotatable bonds is 7. The lowest BCUT2D eigenvalue weighted by molar-refractivity contribution is 0.122. The maximum atomic E-state index is 7.21. The first-order chi connectivity index (χ1) is 19.6. The molecule has 210 valence electrons. The Morgan fingerprint density at radius 1 is 1.02 bits per heavy atom. The molecule has 2 saturated heterocycles. The zero-order valence-corrected chi connectivity index (χ0v) is 23.9. The highest BCUT2D eigenvalue weighted by molar-refractivity contribution is 6.35. The first kappa shape index (κ1) is 25.8. The minimum Gasteiger partial charge on any atom is -0.487 e. The summed E-state index contributed by atoms with van der Waals surface area (Å²) in [7, 11) is 2.16. The summed E-state index contributed by atoms with van der Waals surface area (Å²) in [6, 6.07) is 6.94. The van der Waals surface area contributed by atoms with Crippen molar-refractivity contribution in [3.8, 4) is 22.9 Å². The average Bonchev–Trinajstić information content (AvgIpc) is 3.59. The molecule has 1 aliphatic carbocycles. The van der Waals surface area contributed by atoms with Gasteiger partial charge in [0.2, 0.25) is 0 Å². The van der Waals surface area contributed by atoms with Crippen LogP contribution in [0.25, 0.3) is 32.9 Å². The highest BCUT2D eigenvalue weighted by Gasteiger charge is 2.29.